The molecular weight excluding hydrogens is 286 g/mol. The maximum atomic E-state index is 12.9. The van der Waals surface area contributed by atoms with E-state index in [0.29, 0.717) is 6.54 Å². The molecule has 3 rings (SSSR count). The first kappa shape index (κ1) is 15.7. The Labute approximate surface area is 137 Å². The Kier molecular flexibility index (Phi) is 5.35. The second-order valence-corrected chi connectivity index (χ2v) is 5.66. The number of ketones is 1. The third-order valence-corrected chi connectivity index (χ3v) is 3.97. The van der Waals surface area contributed by atoms with Crippen LogP contribution in [0.4, 0.5) is 0 Å². The monoisotopic (exact) mass is 307 g/mol. The van der Waals surface area contributed by atoms with Crippen molar-refractivity contribution in [3.05, 3.63) is 77.4 Å². The molecule has 0 aliphatic carbocycles. The quantitative estimate of drug-likeness (QED) is 0.627. The third kappa shape index (κ3) is 4.38. The molecule has 0 aromatic heterocycles. The summed E-state index contributed by atoms with van der Waals surface area (Å²) in [6, 6.07) is 19.5. The van der Waals surface area contributed by atoms with E-state index in [2.05, 4.69) is 4.90 Å². The molecule has 0 atom stereocenters. The van der Waals surface area contributed by atoms with E-state index in [1.54, 1.807) is 0 Å². The van der Waals surface area contributed by atoms with Crippen molar-refractivity contribution >= 4 is 11.9 Å². The Morgan fingerprint density at radius 1 is 0.957 bits per heavy atom. The number of hydrogen-bond acceptors (Lipinski definition) is 3. The Morgan fingerprint density at radius 2 is 1.57 bits per heavy atom. The first-order valence-corrected chi connectivity index (χ1v) is 7.98. The topological polar surface area (TPSA) is 29.5 Å². The van der Waals surface area contributed by atoms with E-state index in [0.717, 1.165) is 43.0 Å². The van der Waals surface area contributed by atoms with E-state index in [4.69, 9.17) is 4.74 Å². The lowest BCUT2D eigenvalue weighted by atomic mass is 10.0. The molecule has 0 unspecified atom stereocenters. The first-order chi connectivity index (χ1) is 11.3. The number of morpholine rings is 1. The highest BCUT2D eigenvalue weighted by molar-refractivity contribution is 6.11. The van der Waals surface area contributed by atoms with E-state index in [9.17, 15) is 4.79 Å². The second-order valence-electron chi connectivity index (χ2n) is 5.66. The number of rotatable bonds is 5. The largest absolute Gasteiger partial charge is 0.379 e. The summed E-state index contributed by atoms with van der Waals surface area (Å²) in [5.74, 6) is 0.0981. The van der Waals surface area contributed by atoms with Crippen LogP contribution in [0.1, 0.15) is 15.9 Å². The maximum absolute atomic E-state index is 12.9. The van der Waals surface area contributed by atoms with E-state index in [-0.39, 0.29) is 5.78 Å². The highest BCUT2D eigenvalue weighted by atomic mass is 16.5. The molecule has 0 saturated carbocycles. The zero-order valence-electron chi connectivity index (χ0n) is 13.2. The van der Waals surface area contributed by atoms with Gasteiger partial charge in [-0.1, -0.05) is 60.7 Å². The van der Waals surface area contributed by atoms with Gasteiger partial charge in [-0.25, -0.2) is 0 Å². The van der Waals surface area contributed by atoms with Gasteiger partial charge in [-0.3, -0.25) is 9.69 Å². The molecule has 1 fully saturated rings. The number of hydrogen-bond donors (Lipinski definition) is 0. The highest BCUT2D eigenvalue weighted by Crippen LogP contribution is 2.15. The van der Waals surface area contributed by atoms with Crippen LogP contribution in [0.3, 0.4) is 0 Å². The molecule has 23 heavy (non-hydrogen) atoms. The fraction of sp³-hybridized carbons (Fsp3) is 0.250. The van der Waals surface area contributed by atoms with Gasteiger partial charge in [0.05, 0.1) is 13.2 Å². The summed E-state index contributed by atoms with van der Waals surface area (Å²) in [5, 5.41) is 0. The molecule has 118 valence electrons. The van der Waals surface area contributed by atoms with Gasteiger partial charge in [0.15, 0.2) is 5.78 Å². The summed E-state index contributed by atoms with van der Waals surface area (Å²) in [4.78, 5) is 15.2. The highest BCUT2D eigenvalue weighted by Gasteiger charge is 2.18. The lowest BCUT2D eigenvalue weighted by Gasteiger charge is -2.27. The number of ether oxygens (including phenoxy) is 1. The van der Waals surface area contributed by atoms with Crippen LogP contribution in [0.2, 0.25) is 0 Å². The van der Waals surface area contributed by atoms with Crippen LogP contribution in [0.25, 0.3) is 6.08 Å². The minimum atomic E-state index is 0.0981. The Bertz CT molecular complexity index is 659. The lowest BCUT2D eigenvalue weighted by Crippen LogP contribution is -2.38. The van der Waals surface area contributed by atoms with Crippen LogP contribution in [0.5, 0.6) is 0 Å². The van der Waals surface area contributed by atoms with Crippen LogP contribution >= 0.6 is 0 Å². The number of carbonyl (C=O) groups is 1. The van der Waals surface area contributed by atoms with Gasteiger partial charge in [-0.05, 0) is 11.6 Å². The van der Waals surface area contributed by atoms with E-state index in [1.165, 1.54) is 0 Å². The SMILES string of the molecule is O=C(/C(=C/c1ccccc1)CN1CCOCC1)c1ccccc1. The lowest BCUT2D eigenvalue weighted by molar-refractivity contribution is 0.0419. The van der Waals surface area contributed by atoms with Crippen molar-refractivity contribution in [2.24, 2.45) is 0 Å². The van der Waals surface area contributed by atoms with Crippen molar-refractivity contribution in [2.45, 2.75) is 0 Å². The molecule has 3 nitrogen and oxygen atoms in total. The Morgan fingerprint density at radius 3 is 2.22 bits per heavy atom. The normalized spacial score (nSPS) is 16.3. The van der Waals surface area contributed by atoms with Gasteiger partial charge in [0.25, 0.3) is 0 Å². The summed E-state index contributed by atoms with van der Waals surface area (Å²) >= 11 is 0. The smallest absolute Gasteiger partial charge is 0.190 e. The molecule has 0 spiro atoms. The average molecular weight is 307 g/mol. The number of benzene rings is 2. The molecule has 0 amide bonds. The number of carbonyl (C=O) groups excluding carboxylic acids is 1. The molecule has 1 heterocycles. The summed E-state index contributed by atoms with van der Waals surface area (Å²) in [7, 11) is 0. The summed E-state index contributed by atoms with van der Waals surface area (Å²) in [6.07, 6.45) is 2.00. The zero-order chi connectivity index (χ0) is 15.9. The van der Waals surface area contributed by atoms with Crippen LogP contribution in [0, 0.1) is 0 Å². The van der Waals surface area contributed by atoms with E-state index in [1.807, 2.05) is 66.7 Å². The molecule has 2 aromatic rings. The van der Waals surface area contributed by atoms with Crippen molar-refractivity contribution in [2.75, 3.05) is 32.8 Å². The van der Waals surface area contributed by atoms with Crippen molar-refractivity contribution in [1.82, 2.24) is 4.90 Å². The van der Waals surface area contributed by atoms with Gasteiger partial charge < -0.3 is 4.74 Å². The van der Waals surface area contributed by atoms with Crippen molar-refractivity contribution in [3.8, 4) is 0 Å². The summed E-state index contributed by atoms with van der Waals surface area (Å²) < 4.78 is 5.40. The van der Waals surface area contributed by atoms with Gasteiger partial charge >= 0.3 is 0 Å². The fourth-order valence-corrected chi connectivity index (χ4v) is 2.71. The van der Waals surface area contributed by atoms with Gasteiger partial charge in [-0.15, -0.1) is 0 Å². The van der Waals surface area contributed by atoms with Gasteiger partial charge in [0.2, 0.25) is 0 Å². The second kappa shape index (κ2) is 7.86. The summed E-state index contributed by atoms with van der Waals surface area (Å²) in [6.45, 7) is 3.87. The molecule has 0 radical (unpaired) electrons. The van der Waals surface area contributed by atoms with E-state index < -0.39 is 0 Å². The van der Waals surface area contributed by atoms with Crippen LogP contribution in [0.15, 0.2) is 66.2 Å². The van der Waals surface area contributed by atoms with Crippen LogP contribution < -0.4 is 0 Å². The fourth-order valence-electron chi connectivity index (χ4n) is 2.71. The van der Waals surface area contributed by atoms with Crippen molar-refractivity contribution < 1.29 is 9.53 Å². The zero-order valence-corrected chi connectivity index (χ0v) is 13.2. The first-order valence-electron chi connectivity index (χ1n) is 7.98. The van der Waals surface area contributed by atoms with Gasteiger partial charge in [0, 0.05) is 30.8 Å². The predicted molar refractivity (Wildman–Crippen MR) is 92.5 cm³/mol. The standard InChI is InChI=1S/C20H21NO2/c22-20(18-9-5-2-6-10-18)19(15-17-7-3-1-4-8-17)16-21-11-13-23-14-12-21/h1-10,15H,11-14,16H2/b19-15+. The van der Waals surface area contributed by atoms with Crippen molar-refractivity contribution in [3.63, 3.8) is 0 Å². The Hall–Kier alpha value is -2.23. The van der Waals surface area contributed by atoms with Gasteiger partial charge in [-0.2, -0.15) is 0 Å². The molecular formula is C20H21NO2. The minimum Gasteiger partial charge on any atom is -0.379 e. The van der Waals surface area contributed by atoms with Crippen LogP contribution in [-0.2, 0) is 4.74 Å². The number of Topliss-reactive ketones (excluding diaryl/α,β-unsaturated/α-hetero) is 1. The maximum Gasteiger partial charge on any atom is 0.190 e. The molecule has 2 aromatic carbocycles. The predicted octanol–water partition coefficient (Wildman–Crippen LogP) is 3.29. The van der Waals surface area contributed by atoms with Crippen LogP contribution in [-0.4, -0.2) is 43.5 Å². The molecule has 1 aliphatic heterocycles. The number of nitrogens with zero attached hydrogens (tertiary/aromatic N) is 1. The third-order valence-electron chi connectivity index (χ3n) is 3.97. The minimum absolute atomic E-state index is 0.0981. The van der Waals surface area contributed by atoms with Crippen molar-refractivity contribution in [1.29, 1.82) is 0 Å². The summed E-state index contributed by atoms with van der Waals surface area (Å²) in [5.41, 5.74) is 2.62. The molecule has 0 N–H and O–H groups in total. The molecule has 1 aliphatic rings. The van der Waals surface area contributed by atoms with E-state index >= 15 is 0 Å². The molecule has 3 heteroatoms. The van der Waals surface area contributed by atoms with Gasteiger partial charge in [0.1, 0.15) is 0 Å². The average Bonchev–Trinajstić information content (AvgIpc) is 2.63. The molecule has 1 saturated heterocycles. The molecule has 0 bridgehead atoms. The Balaban J connectivity index is 1.86.